The van der Waals surface area contributed by atoms with E-state index < -0.39 is 5.97 Å². The summed E-state index contributed by atoms with van der Waals surface area (Å²) in [6, 6.07) is 5.46. The van der Waals surface area contributed by atoms with E-state index in [9.17, 15) is 9.59 Å². The van der Waals surface area contributed by atoms with Gasteiger partial charge in [0, 0.05) is 24.0 Å². The summed E-state index contributed by atoms with van der Waals surface area (Å²) >= 11 is 1.43. The highest BCUT2D eigenvalue weighted by Gasteiger charge is 2.28. The van der Waals surface area contributed by atoms with Crippen LogP contribution < -0.4 is 14.8 Å². The zero-order valence-corrected chi connectivity index (χ0v) is 16.4. The summed E-state index contributed by atoms with van der Waals surface area (Å²) in [4.78, 5) is 28.0. The number of fused-ring (bicyclic) bond motifs is 2. The summed E-state index contributed by atoms with van der Waals surface area (Å²) in [5.74, 6) is 0.621. The number of methoxy groups -OCH3 is 1. The third-order valence-corrected chi connectivity index (χ3v) is 5.83. The number of likely N-dealkylation sites (N-methyl/N-ethyl adjacent to an activating group) is 1. The van der Waals surface area contributed by atoms with Gasteiger partial charge < -0.3 is 24.4 Å². The van der Waals surface area contributed by atoms with Crippen molar-refractivity contribution in [3.8, 4) is 11.5 Å². The van der Waals surface area contributed by atoms with Crippen molar-refractivity contribution in [3.05, 3.63) is 45.8 Å². The molecule has 7 nitrogen and oxygen atoms in total. The Labute approximate surface area is 166 Å². The SMILES string of the molecule is COC(=O)c1c(NC(=O)/C=C/c2ccc3c(c2)OCO3)sc2c1CCN(C)C2. The van der Waals surface area contributed by atoms with Crippen LogP contribution in [-0.2, 0) is 22.5 Å². The van der Waals surface area contributed by atoms with Crippen LogP contribution in [-0.4, -0.2) is 44.3 Å². The zero-order valence-electron chi connectivity index (χ0n) is 15.6. The highest BCUT2D eigenvalue weighted by Crippen LogP contribution is 2.37. The van der Waals surface area contributed by atoms with Gasteiger partial charge in [0.25, 0.3) is 0 Å². The van der Waals surface area contributed by atoms with E-state index >= 15 is 0 Å². The Morgan fingerprint density at radius 2 is 2.11 bits per heavy atom. The van der Waals surface area contributed by atoms with Crippen LogP contribution in [0.25, 0.3) is 6.08 Å². The quantitative estimate of drug-likeness (QED) is 0.628. The standard InChI is InChI=1S/C20H20N2O5S/c1-22-8-7-13-16(10-22)28-19(18(13)20(24)25-2)21-17(23)6-4-12-3-5-14-15(9-12)27-11-26-14/h3-6,9H,7-8,10-11H2,1-2H3,(H,21,23)/b6-4+. The first-order valence-electron chi connectivity index (χ1n) is 8.85. The van der Waals surface area contributed by atoms with Gasteiger partial charge in [-0.05, 0) is 42.8 Å². The van der Waals surface area contributed by atoms with Crippen LogP contribution in [0.5, 0.6) is 11.5 Å². The minimum absolute atomic E-state index is 0.206. The van der Waals surface area contributed by atoms with Crippen LogP contribution in [0.3, 0.4) is 0 Å². The van der Waals surface area contributed by atoms with Crippen LogP contribution in [0.4, 0.5) is 5.00 Å². The Balaban J connectivity index is 1.53. The second-order valence-corrected chi connectivity index (χ2v) is 7.73. The Morgan fingerprint density at radius 3 is 2.93 bits per heavy atom. The fourth-order valence-corrected chi connectivity index (χ4v) is 4.60. The summed E-state index contributed by atoms with van der Waals surface area (Å²) in [7, 11) is 3.39. The Bertz CT molecular complexity index is 966. The van der Waals surface area contributed by atoms with E-state index in [1.54, 1.807) is 12.1 Å². The lowest BCUT2D eigenvalue weighted by Gasteiger charge is -2.22. The molecule has 0 spiro atoms. The van der Waals surface area contributed by atoms with Gasteiger partial charge in [-0.25, -0.2) is 4.79 Å². The van der Waals surface area contributed by atoms with Crippen molar-refractivity contribution in [2.45, 2.75) is 13.0 Å². The molecule has 1 aromatic carbocycles. The first-order chi connectivity index (χ1) is 13.5. The van der Waals surface area contributed by atoms with Crippen molar-refractivity contribution >= 4 is 34.3 Å². The maximum Gasteiger partial charge on any atom is 0.341 e. The molecular formula is C20H20N2O5S. The number of thiophene rings is 1. The van der Waals surface area contributed by atoms with Gasteiger partial charge in [-0.15, -0.1) is 11.3 Å². The highest BCUT2D eigenvalue weighted by molar-refractivity contribution is 7.17. The van der Waals surface area contributed by atoms with Crippen molar-refractivity contribution in [1.29, 1.82) is 0 Å². The predicted octanol–water partition coefficient (Wildman–Crippen LogP) is 2.90. The van der Waals surface area contributed by atoms with Gasteiger partial charge in [-0.2, -0.15) is 0 Å². The van der Waals surface area contributed by atoms with Gasteiger partial charge in [0.15, 0.2) is 11.5 Å². The van der Waals surface area contributed by atoms with Gasteiger partial charge in [0.05, 0.1) is 12.7 Å². The molecule has 2 aliphatic heterocycles. The van der Waals surface area contributed by atoms with E-state index in [-0.39, 0.29) is 12.7 Å². The summed E-state index contributed by atoms with van der Waals surface area (Å²) < 4.78 is 15.6. The number of rotatable bonds is 4. The molecule has 0 bridgehead atoms. The number of anilines is 1. The van der Waals surface area contributed by atoms with Crippen molar-refractivity contribution in [2.75, 3.05) is 32.8 Å². The molecule has 0 aliphatic carbocycles. The highest BCUT2D eigenvalue weighted by atomic mass is 32.1. The molecule has 0 saturated carbocycles. The third-order valence-electron chi connectivity index (χ3n) is 4.70. The molecule has 0 atom stereocenters. The monoisotopic (exact) mass is 400 g/mol. The number of hydrogen-bond acceptors (Lipinski definition) is 7. The normalized spacial score (nSPS) is 15.5. The van der Waals surface area contributed by atoms with E-state index in [4.69, 9.17) is 14.2 Å². The number of benzene rings is 1. The molecular weight excluding hydrogens is 380 g/mol. The summed E-state index contributed by atoms with van der Waals surface area (Å²) in [5.41, 5.74) is 2.27. The summed E-state index contributed by atoms with van der Waals surface area (Å²) in [5, 5.41) is 3.37. The fourth-order valence-electron chi connectivity index (χ4n) is 3.28. The van der Waals surface area contributed by atoms with Gasteiger partial charge in [0.2, 0.25) is 12.7 Å². The van der Waals surface area contributed by atoms with Gasteiger partial charge in [0.1, 0.15) is 5.00 Å². The van der Waals surface area contributed by atoms with Crippen molar-refractivity contribution in [3.63, 3.8) is 0 Å². The number of amides is 1. The lowest BCUT2D eigenvalue weighted by molar-refractivity contribution is -0.111. The number of carbonyl (C=O) groups excluding carboxylic acids is 2. The predicted molar refractivity (Wildman–Crippen MR) is 106 cm³/mol. The maximum atomic E-state index is 12.5. The molecule has 4 rings (SSSR count). The molecule has 0 saturated heterocycles. The molecule has 0 fully saturated rings. The van der Waals surface area contributed by atoms with Gasteiger partial charge >= 0.3 is 5.97 Å². The van der Waals surface area contributed by atoms with Gasteiger partial charge in [-0.3, -0.25) is 4.79 Å². The molecule has 146 valence electrons. The Morgan fingerprint density at radius 1 is 1.29 bits per heavy atom. The minimum atomic E-state index is -0.419. The maximum absolute atomic E-state index is 12.5. The molecule has 28 heavy (non-hydrogen) atoms. The number of nitrogens with one attached hydrogen (secondary N) is 1. The van der Waals surface area contributed by atoms with Gasteiger partial charge in [-0.1, -0.05) is 6.07 Å². The van der Waals surface area contributed by atoms with Crippen LogP contribution in [0.15, 0.2) is 24.3 Å². The fraction of sp³-hybridized carbons (Fsp3) is 0.300. The zero-order chi connectivity index (χ0) is 19.7. The number of nitrogens with zero attached hydrogens (tertiary/aromatic N) is 1. The van der Waals surface area contributed by atoms with E-state index in [1.165, 1.54) is 24.5 Å². The average molecular weight is 400 g/mol. The van der Waals surface area contributed by atoms with Crippen molar-refractivity contribution in [1.82, 2.24) is 4.90 Å². The summed E-state index contributed by atoms with van der Waals surface area (Å²) in [6.45, 7) is 1.83. The number of hydrogen-bond donors (Lipinski definition) is 1. The topological polar surface area (TPSA) is 77.1 Å². The van der Waals surface area contributed by atoms with Crippen LogP contribution in [0, 0.1) is 0 Å². The van der Waals surface area contributed by atoms with E-state index in [0.717, 1.165) is 35.5 Å². The molecule has 8 heteroatoms. The number of esters is 1. The molecule has 1 aromatic heterocycles. The minimum Gasteiger partial charge on any atom is -0.465 e. The largest absolute Gasteiger partial charge is 0.465 e. The number of ether oxygens (including phenoxy) is 3. The first-order valence-corrected chi connectivity index (χ1v) is 9.67. The summed E-state index contributed by atoms with van der Waals surface area (Å²) in [6.07, 6.45) is 3.88. The molecule has 1 N–H and O–H groups in total. The van der Waals surface area contributed by atoms with Crippen LogP contribution >= 0.6 is 11.3 Å². The molecule has 0 radical (unpaired) electrons. The smallest absolute Gasteiger partial charge is 0.341 e. The Kier molecular flexibility index (Phi) is 5.06. The van der Waals surface area contributed by atoms with E-state index in [1.807, 2.05) is 19.2 Å². The van der Waals surface area contributed by atoms with Crippen molar-refractivity contribution in [2.24, 2.45) is 0 Å². The first kappa shape index (κ1) is 18.5. The molecule has 2 aromatic rings. The molecule has 0 unspecified atom stereocenters. The molecule has 2 aliphatic rings. The second-order valence-electron chi connectivity index (χ2n) is 6.62. The van der Waals surface area contributed by atoms with Crippen molar-refractivity contribution < 1.29 is 23.8 Å². The molecule has 3 heterocycles. The lowest BCUT2D eigenvalue weighted by Crippen LogP contribution is -2.26. The van der Waals surface area contributed by atoms with Crippen LogP contribution in [0.2, 0.25) is 0 Å². The molecule has 1 amide bonds. The lowest BCUT2D eigenvalue weighted by atomic mass is 10.0. The number of carbonyl (C=O) groups is 2. The van der Waals surface area contributed by atoms with E-state index in [2.05, 4.69) is 10.2 Å². The Hall–Kier alpha value is -2.84. The second kappa shape index (κ2) is 7.65. The third kappa shape index (κ3) is 3.61. The van der Waals surface area contributed by atoms with Crippen LogP contribution in [0.1, 0.15) is 26.4 Å². The van der Waals surface area contributed by atoms with E-state index in [0.29, 0.717) is 22.1 Å². The average Bonchev–Trinajstić information content (AvgIpc) is 3.28.